The number of carbonyl (C=O) groups is 1. The third kappa shape index (κ3) is 4.86. The SMILES string of the molecule is CC(C)(C)c1ccc(OCC(=O)Nc2ccc3oc(-c4cccc5c(Cl)cccc45)nc3c2)cc1. The molecule has 0 aliphatic heterocycles. The van der Waals surface area contributed by atoms with Crippen LogP contribution in [-0.4, -0.2) is 17.5 Å². The zero-order valence-electron chi connectivity index (χ0n) is 19.8. The average molecular weight is 485 g/mol. The molecular weight excluding hydrogens is 460 g/mol. The Bertz CT molecular complexity index is 1530. The number of ether oxygens (including phenoxy) is 1. The smallest absolute Gasteiger partial charge is 0.262 e. The summed E-state index contributed by atoms with van der Waals surface area (Å²) in [6, 6.07) is 24.8. The molecule has 0 unspecified atom stereocenters. The fourth-order valence-electron chi connectivity index (χ4n) is 3.98. The maximum absolute atomic E-state index is 12.5. The van der Waals surface area contributed by atoms with Crippen molar-refractivity contribution in [1.82, 2.24) is 4.98 Å². The minimum absolute atomic E-state index is 0.0657. The van der Waals surface area contributed by atoms with E-state index in [1.807, 2.05) is 60.7 Å². The molecule has 1 amide bonds. The van der Waals surface area contributed by atoms with Gasteiger partial charge in [-0.1, -0.05) is 68.8 Å². The second-order valence-corrected chi connectivity index (χ2v) is 9.86. The topological polar surface area (TPSA) is 64.4 Å². The Morgan fingerprint density at radius 1 is 0.971 bits per heavy atom. The molecule has 0 bridgehead atoms. The van der Waals surface area contributed by atoms with Crippen molar-refractivity contribution in [3.63, 3.8) is 0 Å². The van der Waals surface area contributed by atoms with Gasteiger partial charge in [0, 0.05) is 21.7 Å². The van der Waals surface area contributed by atoms with Gasteiger partial charge in [0.05, 0.1) is 0 Å². The first-order valence-electron chi connectivity index (χ1n) is 11.4. The zero-order chi connectivity index (χ0) is 24.6. The molecule has 5 rings (SSSR count). The lowest BCUT2D eigenvalue weighted by atomic mass is 9.87. The average Bonchev–Trinajstić information content (AvgIpc) is 3.26. The molecule has 4 aromatic carbocycles. The van der Waals surface area contributed by atoms with Crippen LogP contribution in [0.1, 0.15) is 26.3 Å². The summed E-state index contributed by atoms with van der Waals surface area (Å²) >= 11 is 6.35. The molecule has 1 heterocycles. The van der Waals surface area contributed by atoms with E-state index >= 15 is 0 Å². The van der Waals surface area contributed by atoms with Gasteiger partial charge < -0.3 is 14.5 Å². The van der Waals surface area contributed by atoms with Crippen molar-refractivity contribution in [2.45, 2.75) is 26.2 Å². The summed E-state index contributed by atoms with van der Waals surface area (Å²) in [5.41, 5.74) is 4.03. The van der Waals surface area contributed by atoms with Crippen molar-refractivity contribution in [3.8, 4) is 17.2 Å². The lowest BCUT2D eigenvalue weighted by Crippen LogP contribution is -2.20. The van der Waals surface area contributed by atoms with Crippen LogP contribution in [-0.2, 0) is 10.2 Å². The number of carbonyl (C=O) groups excluding carboxylic acids is 1. The largest absolute Gasteiger partial charge is 0.484 e. The van der Waals surface area contributed by atoms with Gasteiger partial charge in [-0.05, 0) is 58.8 Å². The maximum Gasteiger partial charge on any atom is 0.262 e. The molecule has 0 saturated carbocycles. The summed E-state index contributed by atoms with van der Waals surface area (Å²) in [6.07, 6.45) is 0. The first-order valence-corrected chi connectivity index (χ1v) is 11.8. The summed E-state index contributed by atoms with van der Waals surface area (Å²) in [7, 11) is 0. The Morgan fingerprint density at radius 3 is 2.49 bits per heavy atom. The summed E-state index contributed by atoms with van der Waals surface area (Å²) in [6.45, 7) is 6.38. The van der Waals surface area contributed by atoms with Gasteiger partial charge in [-0.15, -0.1) is 0 Å². The minimum Gasteiger partial charge on any atom is -0.484 e. The number of anilines is 1. The first-order chi connectivity index (χ1) is 16.8. The summed E-state index contributed by atoms with van der Waals surface area (Å²) < 4.78 is 11.7. The highest BCUT2D eigenvalue weighted by atomic mass is 35.5. The molecule has 0 saturated heterocycles. The van der Waals surface area contributed by atoms with E-state index in [0.29, 0.717) is 33.4 Å². The van der Waals surface area contributed by atoms with Crippen molar-refractivity contribution in [1.29, 1.82) is 0 Å². The van der Waals surface area contributed by atoms with Crippen LogP contribution in [0.2, 0.25) is 5.02 Å². The molecule has 1 N–H and O–H groups in total. The number of amides is 1. The molecule has 0 radical (unpaired) electrons. The molecule has 5 nitrogen and oxygen atoms in total. The molecule has 6 heteroatoms. The highest BCUT2D eigenvalue weighted by Crippen LogP contribution is 2.34. The Labute approximate surface area is 208 Å². The minimum atomic E-state index is -0.253. The number of halogens is 1. The van der Waals surface area contributed by atoms with E-state index in [9.17, 15) is 4.79 Å². The van der Waals surface area contributed by atoms with Crippen LogP contribution < -0.4 is 10.1 Å². The Hall–Kier alpha value is -3.83. The highest BCUT2D eigenvalue weighted by Gasteiger charge is 2.15. The van der Waals surface area contributed by atoms with E-state index in [-0.39, 0.29) is 17.9 Å². The standard InChI is InChI=1S/C29H25ClN2O3/c1-29(2,3)18-10-13-20(14-11-18)34-17-27(33)31-19-12-15-26-25(16-19)32-28(35-26)23-8-4-7-22-21(23)6-5-9-24(22)30/h4-16H,17H2,1-3H3,(H,31,33). The molecule has 1 aromatic heterocycles. The molecule has 35 heavy (non-hydrogen) atoms. The van der Waals surface area contributed by atoms with Gasteiger partial charge in [0.25, 0.3) is 5.91 Å². The van der Waals surface area contributed by atoms with E-state index in [0.717, 1.165) is 16.3 Å². The van der Waals surface area contributed by atoms with Crippen LogP contribution in [0.4, 0.5) is 5.69 Å². The van der Waals surface area contributed by atoms with Gasteiger partial charge >= 0.3 is 0 Å². The Kier molecular flexibility index (Phi) is 5.95. The predicted molar refractivity (Wildman–Crippen MR) is 141 cm³/mol. The Balaban J connectivity index is 1.30. The fraction of sp³-hybridized carbons (Fsp3) is 0.172. The fourth-order valence-corrected chi connectivity index (χ4v) is 4.21. The van der Waals surface area contributed by atoms with E-state index in [1.54, 1.807) is 18.2 Å². The summed E-state index contributed by atoms with van der Waals surface area (Å²) in [5, 5.41) is 5.45. The monoisotopic (exact) mass is 484 g/mol. The van der Waals surface area contributed by atoms with Crippen molar-refractivity contribution in [2.75, 3.05) is 11.9 Å². The van der Waals surface area contributed by atoms with Gasteiger partial charge in [-0.3, -0.25) is 4.79 Å². The number of nitrogens with zero attached hydrogens (tertiary/aromatic N) is 1. The number of rotatable bonds is 5. The van der Waals surface area contributed by atoms with E-state index in [4.69, 9.17) is 20.8 Å². The van der Waals surface area contributed by atoms with Gasteiger partial charge in [-0.2, -0.15) is 0 Å². The number of hydrogen-bond donors (Lipinski definition) is 1. The summed E-state index contributed by atoms with van der Waals surface area (Å²) in [4.78, 5) is 17.1. The molecular formula is C29H25ClN2O3. The second kappa shape index (κ2) is 9.08. The molecule has 0 aliphatic rings. The summed E-state index contributed by atoms with van der Waals surface area (Å²) in [5.74, 6) is 0.898. The number of aromatic nitrogens is 1. The van der Waals surface area contributed by atoms with Gasteiger partial charge in [0.1, 0.15) is 11.3 Å². The molecule has 176 valence electrons. The normalized spacial score (nSPS) is 11.7. The van der Waals surface area contributed by atoms with Crippen molar-refractivity contribution >= 4 is 45.1 Å². The number of hydrogen-bond acceptors (Lipinski definition) is 4. The quantitative estimate of drug-likeness (QED) is 0.278. The third-order valence-electron chi connectivity index (χ3n) is 5.86. The molecule has 0 atom stereocenters. The van der Waals surface area contributed by atoms with Gasteiger partial charge in [0.15, 0.2) is 12.2 Å². The highest BCUT2D eigenvalue weighted by molar-refractivity contribution is 6.35. The number of oxazole rings is 1. The first kappa shape index (κ1) is 22.9. The van der Waals surface area contributed by atoms with E-state index in [2.05, 4.69) is 31.1 Å². The molecule has 5 aromatic rings. The lowest BCUT2D eigenvalue weighted by molar-refractivity contribution is -0.118. The number of benzene rings is 4. The predicted octanol–water partition coefficient (Wildman–Crippen LogP) is 7.62. The maximum atomic E-state index is 12.5. The van der Waals surface area contributed by atoms with Crippen LogP contribution in [0.15, 0.2) is 83.3 Å². The van der Waals surface area contributed by atoms with Crippen LogP contribution in [0, 0.1) is 0 Å². The number of fused-ring (bicyclic) bond motifs is 2. The van der Waals surface area contributed by atoms with Crippen molar-refractivity contribution in [3.05, 3.63) is 89.4 Å². The zero-order valence-corrected chi connectivity index (χ0v) is 20.5. The van der Waals surface area contributed by atoms with E-state index < -0.39 is 0 Å². The van der Waals surface area contributed by atoms with Crippen molar-refractivity contribution in [2.24, 2.45) is 0 Å². The van der Waals surface area contributed by atoms with Crippen LogP contribution in [0.5, 0.6) is 5.75 Å². The van der Waals surface area contributed by atoms with Crippen molar-refractivity contribution < 1.29 is 13.9 Å². The van der Waals surface area contributed by atoms with Gasteiger partial charge in [0.2, 0.25) is 5.89 Å². The van der Waals surface area contributed by atoms with Crippen LogP contribution in [0.25, 0.3) is 33.3 Å². The molecule has 0 fully saturated rings. The van der Waals surface area contributed by atoms with E-state index in [1.165, 1.54) is 5.56 Å². The van der Waals surface area contributed by atoms with Gasteiger partial charge in [-0.25, -0.2) is 4.98 Å². The lowest BCUT2D eigenvalue weighted by Gasteiger charge is -2.19. The molecule has 0 aliphatic carbocycles. The molecule has 0 spiro atoms. The number of nitrogens with one attached hydrogen (secondary N) is 1. The Morgan fingerprint density at radius 2 is 1.71 bits per heavy atom. The van der Waals surface area contributed by atoms with Crippen LogP contribution in [0.3, 0.4) is 0 Å². The van der Waals surface area contributed by atoms with Crippen LogP contribution >= 0.6 is 11.6 Å². The third-order valence-corrected chi connectivity index (χ3v) is 6.19. The second-order valence-electron chi connectivity index (χ2n) is 9.45.